The number of halogens is 1. The molecule has 0 heterocycles. The zero-order chi connectivity index (χ0) is 13.7. The molecule has 19 heavy (non-hydrogen) atoms. The smallest absolute Gasteiger partial charge is 0.220 e. The van der Waals surface area contributed by atoms with Crippen molar-refractivity contribution in [3.63, 3.8) is 0 Å². The summed E-state index contributed by atoms with van der Waals surface area (Å²) < 4.78 is 0. The van der Waals surface area contributed by atoms with E-state index in [9.17, 15) is 9.90 Å². The van der Waals surface area contributed by atoms with Crippen molar-refractivity contribution in [2.45, 2.75) is 25.4 Å². The Morgan fingerprint density at radius 2 is 2.16 bits per heavy atom. The van der Waals surface area contributed by atoms with Crippen molar-refractivity contribution in [2.24, 2.45) is 5.92 Å². The number of carbonyl (C=O) groups excluding carboxylic acids is 1. The number of hydrogen-bond acceptors (Lipinski definition) is 2. The number of nitrogens with one attached hydrogen (secondary N) is 1. The third kappa shape index (κ3) is 4.37. The molecule has 1 aromatic carbocycles. The molecule has 0 aliphatic heterocycles. The summed E-state index contributed by atoms with van der Waals surface area (Å²) in [4.78, 5) is 11.7. The van der Waals surface area contributed by atoms with Gasteiger partial charge in [0, 0.05) is 18.0 Å². The average Bonchev–Trinajstić information content (AvgIpc) is 2.89. The zero-order valence-corrected chi connectivity index (χ0v) is 11.4. The lowest BCUT2D eigenvalue weighted by Crippen LogP contribution is -2.29. The van der Waals surface area contributed by atoms with E-state index in [4.69, 9.17) is 11.6 Å². The average molecular weight is 280 g/mol. The minimum absolute atomic E-state index is 0.00966. The van der Waals surface area contributed by atoms with Crippen molar-refractivity contribution in [3.8, 4) is 0 Å². The van der Waals surface area contributed by atoms with Crippen LogP contribution in [0.1, 0.15) is 30.9 Å². The maximum Gasteiger partial charge on any atom is 0.220 e. The van der Waals surface area contributed by atoms with Gasteiger partial charge in [0.1, 0.15) is 0 Å². The van der Waals surface area contributed by atoms with Crippen LogP contribution < -0.4 is 5.32 Å². The molecule has 0 bridgehead atoms. The Hall–Kier alpha value is -1.32. The topological polar surface area (TPSA) is 49.3 Å². The van der Waals surface area contributed by atoms with Crippen molar-refractivity contribution in [3.05, 3.63) is 47.0 Å². The fourth-order valence-corrected chi connectivity index (χ4v) is 2.31. The molecule has 1 aliphatic carbocycles. The van der Waals surface area contributed by atoms with Crippen LogP contribution in [-0.4, -0.2) is 17.6 Å². The third-order valence-electron chi connectivity index (χ3n) is 3.31. The first-order valence-corrected chi connectivity index (χ1v) is 6.90. The van der Waals surface area contributed by atoms with Crippen LogP contribution in [0.2, 0.25) is 5.02 Å². The molecule has 102 valence electrons. The van der Waals surface area contributed by atoms with Crippen LogP contribution >= 0.6 is 11.6 Å². The molecule has 2 N–H and O–H groups in total. The summed E-state index contributed by atoms with van der Waals surface area (Å²) in [6.07, 6.45) is 6.12. The highest BCUT2D eigenvalue weighted by molar-refractivity contribution is 6.30. The molecule has 0 aromatic heterocycles. The molecular weight excluding hydrogens is 262 g/mol. The number of allylic oxidation sites excluding steroid dienone is 2. The number of aliphatic hydroxyl groups excluding tert-OH is 1. The maximum atomic E-state index is 11.7. The predicted molar refractivity (Wildman–Crippen MR) is 75.9 cm³/mol. The van der Waals surface area contributed by atoms with E-state index in [1.54, 1.807) is 24.3 Å². The van der Waals surface area contributed by atoms with Gasteiger partial charge in [-0.05, 0) is 36.5 Å². The highest BCUT2D eigenvalue weighted by atomic mass is 35.5. The van der Waals surface area contributed by atoms with Gasteiger partial charge in [-0.3, -0.25) is 4.79 Å². The van der Waals surface area contributed by atoms with Gasteiger partial charge in [-0.2, -0.15) is 0 Å². The van der Waals surface area contributed by atoms with Gasteiger partial charge in [0.15, 0.2) is 0 Å². The van der Waals surface area contributed by atoms with E-state index in [0.29, 0.717) is 17.4 Å². The molecule has 0 unspecified atom stereocenters. The van der Waals surface area contributed by atoms with Gasteiger partial charge in [-0.1, -0.05) is 35.9 Å². The largest absolute Gasteiger partial charge is 0.387 e. The molecule has 0 saturated heterocycles. The lowest BCUT2D eigenvalue weighted by Gasteiger charge is -2.13. The second-order valence-electron chi connectivity index (χ2n) is 4.84. The van der Waals surface area contributed by atoms with Gasteiger partial charge in [-0.15, -0.1) is 0 Å². The first-order chi connectivity index (χ1) is 9.15. The molecule has 2 rings (SSSR count). The Bertz CT molecular complexity index is 456. The van der Waals surface area contributed by atoms with Crippen LogP contribution in [0.5, 0.6) is 0 Å². The second kappa shape index (κ2) is 6.73. The Balaban J connectivity index is 1.76. The van der Waals surface area contributed by atoms with Crippen LogP contribution in [0.3, 0.4) is 0 Å². The van der Waals surface area contributed by atoms with Crippen molar-refractivity contribution in [2.75, 3.05) is 6.54 Å². The Labute approximate surface area is 118 Å². The number of aliphatic hydroxyl groups is 1. The lowest BCUT2D eigenvalue weighted by molar-refractivity contribution is -0.122. The SMILES string of the molecule is O=C(C[C@@H]1C=CCC1)NC[C@@H](O)c1ccc(Cl)cc1. The van der Waals surface area contributed by atoms with E-state index < -0.39 is 6.10 Å². The molecule has 0 spiro atoms. The summed E-state index contributed by atoms with van der Waals surface area (Å²) in [5, 5.41) is 13.3. The molecule has 0 fully saturated rings. The zero-order valence-electron chi connectivity index (χ0n) is 10.7. The van der Waals surface area contributed by atoms with Crippen molar-refractivity contribution in [1.29, 1.82) is 0 Å². The number of benzene rings is 1. The van der Waals surface area contributed by atoms with Crippen molar-refractivity contribution < 1.29 is 9.90 Å². The molecule has 4 heteroatoms. The molecule has 2 atom stereocenters. The van der Waals surface area contributed by atoms with Gasteiger partial charge in [0.25, 0.3) is 0 Å². The van der Waals surface area contributed by atoms with Crippen LogP contribution in [0.25, 0.3) is 0 Å². The van der Waals surface area contributed by atoms with E-state index in [0.717, 1.165) is 18.4 Å². The van der Waals surface area contributed by atoms with Crippen LogP contribution in [0.4, 0.5) is 0 Å². The minimum Gasteiger partial charge on any atom is -0.387 e. The Morgan fingerprint density at radius 1 is 1.42 bits per heavy atom. The first kappa shape index (κ1) is 14.1. The summed E-state index contributed by atoms with van der Waals surface area (Å²) in [5.74, 6) is 0.345. The lowest BCUT2D eigenvalue weighted by atomic mass is 10.0. The highest BCUT2D eigenvalue weighted by Gasteiger charge is 2.15. The summed E-state index contributed by atoms with van der Waals surface area (Å²) in [6, 6.07) is 6.98. The maximum absolute atomic E-state index is 11.7. The van der Waals surface area contributed by atoms with Gasteiger partial charge in [0.05, 0.1) is 6.10 Å². The normalized spacial score (nSPS) is 19.4. The summed E-state index contributed by atoms with van der Waals surface area (Å²) >= 11 is 5.78. The first-order valence-electron chi connectivity index (χ1n) is 6.52. The number of rotatable bonds is 5. The summed E-state index contributed by atoms with van der Waals surface area (Å²) in [7, 11) is 0. The molecular formula is C15H18ClNO2. The van der Waals surface area contributed by atoms with Crippen LogP contribution in [-0.2, 0) is 4.79 Å². The third-order valence-corrected chi connectivity index (χ3v) is 3.56. The Morgan fingerprint density at radius 3 is 2.79 bits per heavy atom. The fourth-order valence-electron chi connectivity index (χ4n) is 2.19. The predicted octanol–water partition coefficient (Wildman–Crippen LogP) is 2.85. The molecule has 1 aromatic rings. The molecule has 0 saturated carbocycles. The van der Waals surface area contributed by atoms with E-state index in [1.165, 1.54) is 0 Å². The monoisotopic (exact) mass is 279 g/mol. The van der Waals surface area contributed by atoms with Crippen LogP contribution in [0.15, 0.2) is 36.4 Å². The van der Waals surface area contributed by atoms with E-state index in [2.05, 4.69) is 17.5 Å². The Kier molecular flexibility index (Phi) is 5.00. The number of amides is 1. The molecule has 1 aliphatic rings. The van der Waals surface area contributed by atoms with E-state index in [-0.39, 0.29) is 12.5 Å². The minimum atomic E-state index is -0.694. The second-order valence-corrected chi connectivity index (χ2v) is 5.28. The van der Waals surface area contributed by atoms with Gasteiger partial charge >= 0.3 is 0 Å². The quantitative estimate of drug-likeness (QED) is 0.814. The van der Waals surface area contributed by atoms with Crippen LogP contribution in [0, 0.1) is 5.92 Å². The fraction of sp³-hybridized carbons (Fsp3) is 0.400. The number of carbonyl (C=O) groups is 1. The van der Waals surface area contributed by atoms with Gasteiger partial charge in [0.2, 0.25) is 5.91 Å². The van der Waals surface area contributed by atoms with Gasteiger partial charge in [-0.25, -0.2) is 0 Å². The van der Waals surface area contributed by atoms with Crippen molar-refractivity contribution >= 4 is 17.5 Å². The number of hydrogen-bond donors (Lipinski definition) is 2. The highest BCUT2D eigenvalue weighted by Crippen LogP contribution is 2.20. The van der Waals surface area contributed by atoms with Crippen molar-refractivity contribution in [1.82, 2.24) is 5.32 Å². The standard InChI is InChI=1S/C15H18ClNO2/c16-13-7-5-12(6-8-13)14(18)10-17-15(19)9-11-3-1-2-4-11/h1,3,5-8,11,14,18H,2,4,9-10H2,(H,17,19)/t11-,14-/m1/s1. The molecule has 3 nitrogen and oxygen atoms in total. The van der Waals surface area contributed by atoms with E-state index in [1.807, 2.05) is 0 Å². The summed E-state index contributed by atoms with van der Waals surface area (Å²) in [6.45, 7) is 0.233. The summed E-state index contributed by atoms with van der Waals surface area (Å²) in [5.41, 5.74) is 0.755. The van der Waals surface area contributed by atoms with E-state index >= 15 is 0 Å². The molecule has 1 amide bonds. The van der Waals surface area contributed by atoms with Gasteiger partial charge < -0.3 is 10.4 Å². The molecule has 0 radical (unpaired) electrons.